The van der Waals surface area contributed by atoms with Crippen molar-refractivity contribution in [3.63, 3.8) is 0 Å². The summed E-state index contributed by atoms with van der Waals surface area (Å²) in [4.78, 5) is 30.3. The second-order valence-electron chi connectivity index (χ2n) is 6.81. The van der Waals surface area contributed by atoms with Crippen molar-refractivity contribution in [1.82, 2.24) is 14.7 Å². The number of carbonyl (C=O) groups excluding carboxylic acids is 2. The van der Waals surface area contributed by atoms with Gasteiger partial charge in [-0.1, -0.05) is 20.8 Å². The van der Waals surface area contributed by atoms with Crippen molar-refractivity contribution in [2.24, 2.45) is 5.41 Å². The van der Waals surface area contributed by atoms with Crippen LogP contribution >= 0.6 is 0 Å². The minimum atomic E-state index is -0.328. The zero-order chi connectivity index (χ0) is 15.5. The van der Waals surface area contributed by atoms with Crippen LogP contribution in [0.4, 0.5) is 0 Å². The minimum Gasteiger partial charge on any atom is -0.378 e. The van der Waals surface area contributed by atoms with Gasteiger partial charge in [0.05, 0.1) is 19.8 Å². The van der Waals surface area contributed by atoms with Crippen LogP contribution in [-0.2, 0) is 14.3 Å². The van der Waals surface area contributed by atoms with Gasteiger partial charge in [0.25, 0.3) is 0 Å². The van der Waals surface area contributed by atoms with Gasteiger partial charge in [-0.15, -0.1) is 0 Å². The fraction of sp³-hybridized carbons (Fsp3) is 0.867. The van der Waals surface area contributed by atoms with E-state index in [0.717, 1.165) is 13.1 Å². The molecule has 0 aromatic rings. The lowest BCUT2D eigenvalue weighted by Crippen LogP contribution is -2.54. The topological polar surface area (TPSA) is 53.1 Å². The van der Waals surface area contributed by atoms with Crippen molar-refractivity contribution in [1.29, 1.82) is 0 Å². The molecule has 21 heavy (non-hydrogen) atoms. The molecule has 0 aromatic carbocycles. The van der Waals surface area contributed by atoms with Gasteiger partial charge < -0.3 is 14.5 Å². The number of carbonyl (C=O) groups is 2. The van der Waals surface area contributed by atoms with Crippen molar-refractivity contribution in [3.05, 3.63) is 0 Å². The smallest absolute Gasteiger partial charge is 0.236 e. The van der Waals surface area contributed by atoms with Crippen LogP contribution in [0.25, 0.3) is 0 Å². The number of amides is 2. The van der Waals surface area contributed by atoms with Crippen LogP contribution < -0.4 is 0 Å². The van der Waals surface area contributed by atoms with Gasteiger partial charge in [-0.25, -0.2) is 0 Å². The first-order chi connectivity index (χ1) is 9.88. The highest BCUT2D eigenvalue weighted by Crippen LogP contribution is 2.18. The number of hydrogen-bond acceptors (Lipinski definition) is 4. The molecule has 6 heteroatoms. The van der Waals surface area contributed by atoms with E-state index in [1.807, 2.05) is 30.6 Å². The third kappa shape index (κ3) is 4.41. The molecule has 2 fully saturated rings. The molecule has 0 atom stereocenters. The Kier molecular flexibility index (Phi) is 5.22. The predicted octanol–water partition coefficient (Wildman–Crippen LogP) is 0.0355. The Balaban J connectivity index is 1.76. The summed E-state index contributed by atoms with van der Waals surface area (Å²) in [6.45, 7) is 11.9. The van der Waals surface area contributed by atoms with Crippen LogP contribution in [0.3, 0.4) is 0 Å². The van der Waals surface area contributed by atoms with E-state index in [4.69, 9.17) is 4.74 Å². The molecule has 6 nitrogen and oxygen atoms in total. The number of hydrogen-bond donors (Lipinski definition) is 0. The summed E-state index contributed by atoms with van der Waals surface area (Å²) in [6.07, 6.45) is 0. The average Bonchev–Trinajstić information content (AvgIpc) is 2.47. The van der Waals surface area contributed by atoms with Gasteiger partial charge >= 0.3 is 0 Å². The molecular formula is C15H27N3O3. The average molecular weight is 297 g/mol. The summed E-state index contributed by atoms with van der Waals surface area (Å²) in [5.74, 6) is 0.371. The van der Waals surface area contributed by atoms with E-state index in [0.29, 0.717) is 45.9 Å². The molecule has 2 heterocycles. The van der Waals surface area contributed by atoms with E-state index < -0.39 is 0 Å². The highest BCUT2D eigenvalue weighted by molar-refractivity contribution is 5.81. The highest BCUT2D eigenvalue weighted by atomic mass is 16.5. The van der Waals surface area contributed by atoms with Crippen molar-refractivity contribution < 1.29 is 14.3 Å². The molecule has 120 valence electrons. The molecule has 0 N–H and O–H groups in total. The summed E-state index contributed by atoms with van der Waals surface area (Å²) in [7, 11) is 0. The Labute approximate surface area is 127 Å². The third-order valence-electron chi connectivity index (χ3n) is 4.02. The number of rotatable bonds is 2. The molecule has 2 aliphatic heterocycles. The van der Waals surface area contributed by atoms with E-state index in [1.54, 1.807) is 0 Å². The maximum absolute atomic E-state index is 12.2. The van der Waals surface area contributed by atoms with Gasteiger partial charge in [-0.2, -0.15) is 0 Å². The second kappa shape index (κ2) is 6.75. The summed E-state index contributed by atoms with van der Waals surface area (Å²) in [6, 6.07) is 0. The molecule has 0 saturated carbocycles. The Morgan fingerprint density at radius 1 is 0.905 bits per heavy atom. The van der Waals surface area contributed by atoms with Crippen LogP contribution in [0.2, 0.25) is 0 Å². The third-order valence-corrected chi connectivity index (χ3v) is 4.02. The Morgan fingerprint density at radius 3 is 2.00 bits per heavy atom. The largest absolute Gasteiger partial charge is 0.378 e. The molecule has 2 amide bonds. The number of ether oxygens (including phenoxy) is 1. The van der Waals surface area contributed by atoms with E-state index in [-0.39, 0.29) is 17.2 Å². The van der Waals surface area contributed by atoms with Crippen molar-refractivity contribution in [2.45, 2.75) is 20.8 Å². The molecule has 0 radical (unpaired) electrons. The van der Waals surface area contributed by atoms with E-state index >= 15 is 0 Å². The minimum absolute atomic E-state index is 0.175. The fourth-order valence-corrected chi connectivity index (χ4v) is 2.69. The van der Waals surface area contributed by atoms with E-state index in [1.165, 1.54) is 0 Å². The molecule has 0 bridgehead atoms. The van der Waals surface area contributed by atoms with Crippen LogP contribution in [0, 0.1) is 5.41 Å². The van der Waals surface area contributed by atoms with Gasteiger partial charge in [-0.3, -0.25) is 14.5 Å². The first-order valence-corrected chi connectivity index (χ1v) is 7.75. The first-order valence-electron chi connectivity index (χ1n) is 7.75. The molecular weight excluding hydrogens is 270 g/mol. The molecule has 0 spiro atoms. The molecule has 2 saturated heterocycles. The highest BCUT2D eigenvalue weighted by Gasteiger charge is 2.30. The van der Waals surface area contributed by atoms with Crippen LogP contribution in [0.5, 0.6) is 0 Å². The van der Waals surface area contributed by atoms with Crippen molar-refractivity contribution in [3.8, 4) is 0 Å². The monoisotopic (exact) mass is 297 g/mol. The lowest BCUT2D eigenvalue weighted by molar-refractivity contribution is -0.142. The lowest BCUT2D eigenvalue weighted by Gasteiger charge is -2.38. The predicted molar refractivity (Wildman–Crippen MR) is 79.9 cm³/mol. The zero-order valence-electron chi connectivity index (χ0n) is 13.4. The van der Waals surface area contributed by atoms with E-state index in [9.17, 15) is 9.59 Å². The molecule has 2 rings (SSSR count). The van der Waals surface area contributed by atoms with E-state index in [2.05, 4.69) is 4.90 Å². The number of piperazine rings is 1. The number of morpholine rings is 1. The van der Waals surface area contributed by atoms with Crippen molar-refractivity contribution in [2.75, 3.05) is 59.0 Å². The fourth-order valence-electron chi connectivity index (χ4n) is 2.69. The summed E-state index contributed by atoms with van der Waals surface area (Å²) >= 11 is 0. The Morgan fingerprint density at radius 2 is 1.48 bits per heavy atom. The number of nitrogens with zero attached hydrogens (tertiary/aromatic N) is 3. The van der Waals surface area contributed by atoms with Gasteiger partial charge in [0, 0.05) is 44.7 Å². The summed E-state index contributed by atoms with van der Waals surface area (Å²) in [5, 5.41) is 0. The van der Waals surface area contributed by atoms with Crippen molar-refractivity contribution >= 4 is 11.8 Å². The molecule has 2 aliphatic rings. The molecule has 0 unspecified atom stereocenters. The van der Waals surface area contributed by atoms with Gasteiger partial charge in [0.1, 0.15) is 0 Å². The quantitative estimate of drug-likeness (QED) is 0.722. The SMILES string of the molecule is CC(C)(C)C(=O)N1CCN(CC(=O)N2CCOCC2)CC1. The Bertz CT molecular complexity index is 378. The molecule has 0 aromatic heterocycles. The standard InChI is InChI=1S/C15H27N3O3/c1-15(2,3)14(20)18-6-4-16(5-7-18)12-13(19)17-8-10-21-11-9-17/h4-12H2,1-3H3. The first kappa shape index (κ1) is 16.2. The Hall–Kier alpha value is -1.14. The summed E-state index contributed by atoms with van der Waals surface area (Å²) in [5.41, 5.74) is -0.328. The van der Waals surface area contributed by atoms with Crippen LogP contribution in [-0.4, -0.2) is 85.5 Å². The second-order valence-corrected chi connectivity index (χ2v) is 6.81. The van der Waals surface area contributed by atoms with Crippen LogP contribution in [0.1, 0.15) is 20.8 Å². The maximum atomic E-state index is 12.2. The van der Waals surface area contributed by atoms with Gasteiger partial charge in [0.2, 0.25) is 11.8 Å². The normalized spacial score (nSPS) is 21.5. The lowest BCUT2D eigenvalue weighted by atomic mass is 9.94. The maximum Gasteiger partial charge on any atom is 0.236 e. The van der Waals surface area contributed by atoms with Crippen LogP contribution in [0.15, 0.2) is 0 Å². The summed E-state index contributed by atoms with van der Waals surface area (Å²) < 4.78 is 5.26. The zero-order valence-corrected chi connectivity index (χ0v) is 13.4. The molecule has 0 aliphatic carbocycles. The van der Waals surface area contributed by atoms with Gasteiger partial charge in [0.15, 0.2) is 0 Å². The van der Waals surface area contributed by atoms with Gasteiger partial charge in [-0.05, 0) is 0 Å².